The van der Waals surface area contributed by atoms with Crippen molar-refractivity contribution in [3.8, 4) is 0 Å². The van der Waals surface area contributed by atoms with E-state index in [0.717, 1.165) is 30.8 Å². The van der Waals surface area contributed by atoms with Crippen molar-refractivity contribution in [3.05, 3.63) is 22.9 Å². The first kappa shape index (κ1) is 15.2. The first-order valence-corrected chi connectivity index (χ1v) is 7.72. The first-order valence-electron chi connectivity index (χ1n) is 7.32. The van der Waals surface area contributed by atoms with E-state index in [1.165, 1.54) is 24.1 Å². The molecule has 0 spiro atoms. The number of aromatic nitrogens is 1. The summed E-state index contributed by atoms with van der Waals surface area (Å²) < 4.78 is 0. The summed E-state index contributed by atoms with van der Waals surface area (Å²) in [7, 11) is 2.07. The van der Waals surface area contributed by atoms with Gasteiger partial charge in [0.2, 0.25) is 0 Å². The Morgan fingerprint density at radius 1 is 1.35 bits per heavy atom. The summed E-state index contributed by atoms with van der Waals surface area (Å²) in [5.74, 6) is 0.938. The summed E-state index contributed by atoms with van der Waals surface area (Å²) in [6.45, 7) is 7.60. The van der Waals surface area contributed by atoms with Gasteiger partial charge in [-0.2, -0.15) is 0 Å². The summed E-state index contributed by atoms with van der Waals surface area (Å²) >= 11 is 5.23. The largest absolute Gasteiger partial charge is 0.389 e. The lowest BCUT2D eigenvalue weighted by molar-refractivity contribution is 0.417. The number of hydrogen-bond donors (Lipinski definition) is 1. The van der Waals surface area contributed by atoms with Gasteiger partial charge in [-0.3, -0.25) is 0 Å². The highest BCUT2D eigenvalue weighted by Crippen LogP contribution is 2.28. The molecule has 20 heavy (non-hydrogen) atoms. The van der Waals surface area contributed by atoms with Crippen LogP contribution in [0.15, 0.2) is 6.07 Å². The van der Waals surface area contributed by atoms with Crippen LogP contribution in [0.4, 0.5) is 5.82 Å². The highest BCUT2D eigenvalue weighted by molar-refractivity contribution is 7.80. The summed E-state index contributed by atoms with van der Waals surface area (Å²) in [6, 6.07) is 2.16. The second kappa shape index (κ2) is 5.68. The Bertz CT molecular complexity index is 517. The van der Waals surface area contributed by atoms with Crippen molar-refractivity contribution in [2.24, 2.45) is 11.1 Å². The molecular formula is C16H25N3S. The van der Waals surface area contributed by atoms with Gasteiger partial charge < -0.3 is 10.6 Å². The van der Waals surface area contributed by atoms with Crippen LogP contribution in [-0.4, -0.2) is 23.6 Å². The fraction of sp³-hybridized carbons (Fsp3) is 0.625. The van der Waals surface area contributed by atoms with Gasteiger partial charge in [-0.05, 0) is 42.7 Å². The molecule has 0 amide bonds. The second-order valence-corrected chi connectivity index (χ2v) is 7.39. The maximum Gasteiger partial charge on any atom is 0.138 e. The number of nitrogens with two attached hydrogens (primary N) is 1. The maximum atomic E-state index is 5.91. The highest BCUT2D eigenvalue weighted by atomic mass is 32.1. The number of pyridine rings is 1. The Kier molecular flexibility index (Phi) is 4.33. The van der Waals surface area contributed by atoms with Gasteiger partial charge in [0.1, 0.15) is 10.8 Å². The highest BCUT2D eigenvalue weighted by Gasteiger charge is 2.21. The van der Waals surface area contributed by atoms with Crippen molar-refractivity contribution in [2.45, 2.75) is 46.5 Å². The average molecular weight is 291 g/mol. The molecule has 0 radical (unpaired) electrons. The van der Waals surface area contributed by atoms with Gasteiger partial charge in [0.05, 0.1) is 5.56 Å². The molecule has 1 heterocycles. The molecule has 0 atom stereocenters. The molecule has 110 valence electrons. The van der Waals surface area contributed by atoms with Gasteiger partial charge >= 0.3 is 0 Å². The summed E-state index contributed by atoms with van der Waals surface area (Å²) in [6.07, 6.45) is 4.64. The predicted octanol–water partition coefficient (Wildman–Crippen LogP) is 3.08. The zero-order valence-electron chi connectivity index (χ0n) is 13.0. The van der Waals surface area contributed by atoms with Crippen LogP contribution in [0.1, 0.15) is 50.4 Å². The van der Waals surface area contributed by atoms with Crippen molar-refractivity contribution < 1.29 is 0 Å². The van der Waals surface area contributed by atoms with Crippen molar-refractivity contribution >= 4 is 23.0 Å². The van der Waals surface area contributed by atoms with Crippen molar-refractivity contribution in [3.63, 3.8) is 0 Å². The molecule has 0 saturated heterocycles. The molecule has 0 aliphatic heterocycles. The number of hydrogen-bond acceptors (Lipinski definition) is 3. The molecule has 1 aliphatic carbocycles. The molecular weight excluding hydrogens is 266 g/mol. The van der Waals surface area contributed by atoms with Crippen molar-refractivity contribution in [2.75, 3.05) is 18.5 Å². The lowest BCUT2D eigenvalue weighted by atomic mass is 9.93. The molecule has 0 unspecified atom stereocenters. The second-order valence-electron chi connectivity index (χ2n) is 6.95. The van der Waals surface area contributed by atoms with E-state index in [4.69, 9.17) is 22.9 Å². The quantitative estimate of drug-likeness (QED) is 0.869. The van der Waals surface area contributed by atoms with Gasteiger partial charge in [0.25, 0.3) is 0 Å². The van der Waals surface area contributed by atoms with Crippen molar-refractivity contribution in [1.82, 2.24) is 4.98 Å². The maximum absolute atomic E-state index is 5.91. The van der Waals surface area contributed by atoms with Crippen LogP contribution in [-0.2, 0) is 12.8 Å². The molecule has 2 N–H and O–H groups in total. The molecule has 3 nitrogen and oxygen atoms in total. The Hall–Kier alpha value is -1.16. The number of anilines is 1. The minimum Gasteiger partial charge on any atom is -0.389 e. The topological polar surface area (TPSA) is 42.2 Å². The number of thiocarbonyl (C=S) groups is 1. The van der Waals surface area contributed by atoms with E-state index in [0.29, 0.717) is 4.99 Å². The zero-order chi connectivity index (χ0) is 14.9. The minimum absolute atomic E-state index is 0.208. The molecule has 0 aromatic carbocycles. The van der Waals surface area contributed by atoms with E-state index in [9.17, 15) is 0 Å². The van der Waals surface area contributed by atoms with Crippen LogP contribution < -0.4 is 10.6 Å². The number of fused-ring (bicyclic) bond motifs is 1. The third kappa shape index (κ3) is 3.48. The molecule has 1 aromatic heterocycles. The lowest BCUT2D eigenvalue weighted by Gasteiger charge is -2.30. The van der Waals surface area contributed by atoms with Gasteiger partial charge in [-0.25, -0.2) is 4.98 Å². The Morgan fingerprint density at radius 3 is 2.60 bits per heavy atom. The standard InChI is InChI=1S/C16H25N3S/c1-16(2,3)10-19(4)15-12(14(17)20)9-11-7-5-6-8-13(11)18-15/h9H,5-8,10H2,1-4H3,(H2,17,20). The van der Waals surface area contributed by atoms with Gasteiger partial charge in [0, 0.05) is 19.3 Å². The Morgan fingerprint density at radius 2 is 2.00 bits per heavy atom. The van der Waals surface area contributed by atoms with E-state index in [1.54, 1.807) is 0 Å². The van der Waals surface area contributed by atoms with Gasteiger partial charge in [-0.15, -0.1) is 0 Å². The molecule has 2 rings (SSSR count). The van der Waals surface area contributed by atoms with Gasteiger partial charge in [0.15, 0.2) is 0 Å². The first-order chi connectivity index (χ1) is 9.28. The molecule has 1 aromatic rings. The van der Waals surface area contributed by atoms with Crippen LogP contribution in [0.5, 0.6) is 0 Å². The van der Waals surface area contributed by atoms with Crippen LogP contribution in [0, 0.1) is 5.41 Å². The van der Waals surface area contributed by atoms with E-state index < -0.39 is 0 Å². The summed E-state index contributed by atoms with van der Waals surface area (Å²) in [5.41, 5.74) is 9.60. The third-order valence-electron chi connectivity index (χ3n) is 3.62. The monoisotopic (exact) mass is 291 g/mol. The summed E-state index contributed by atoms with van der Waals surface area (Å²) in [4.78, 5) is 7.51. The average Bonchev–Trinajstić information content (AvgIpc) is 2.35. The van der Waals surface area contributed by atoms with Crippen molar-refractivity contribution in [1.29, 1.82) is 0 Å². The van der Waals surface area contributed by atoms with E-state index in [1.807, 2.05) is 0 Å². The number of nitrogens with zero attached hydrogens (tertiary/aromatic N) is 2. The zero-order valence-corrected chi connectivity index (χ0v) is 13.8. The predicted molar refractivity (Wildman–Crippen MR) is 89.5 cm³/mol. The summed E-state index contributed by atoms with van der Waals surface area (Å²) in [5, 5.41) is 0. The Balaban J connectivity index is 2.42. The van der Waals surface area contributed by atoms with E-state index >= 15 is 0 Å². The molecule has 0 saturated carbocycles. The molecule has 0 bridgehead atoms. The van der Waals surface area contributed by atoms with Crippen LogP contribution in [0.2, 0.25) is 0 Å². The molecule has 1 aliphatic rings. The van der Waals surface area contributed by atoms with Gasteiger partial charge in [-0.1, -0.05) is 33.0 Å². The van der Waals surface area contributed by atoms with E-state index in [2.05, 4.69) is 38.8 Å². The van der Waals surface area contributed by atoms with E-state index in [-0.39, 0.29) is 5.41 Å². The fourth-order valence-electron chi connectivity index (χ4n) is 2.88. The SMILES string of the molecule is CN(CC(C)(C)C)c1nc2c(cc1C(N)=S)CCCC2. The normalized spacial score (nSPS) is 14.8. The lowest BCUT2D eigenvalue weighted by Crippen LogP contribution is -2.32. The number of aryl methyl sites for hydroxylation is 2. The Labute approximate surface area is 127 Å². The van der Waals surface area contributed by atoms with Crippen LogP contribution in [0.25, 0.3) is 0 Å². The fourth-order valence-corrected chi connectivity index (χ4v) is 3.03. The smallest absolute Gasteiger partial charge is 0.138 e. The third-order valence-corrected chi connectivity index (χ3v) is 3.84. The molecule has 0 fully saturated rings. The minimum atomic E-state index is 0.208. The number of rotatable bonds is 3. The van der Waals surface area contributed by atoms with Crippen LogP contribution >= 0.6 is 12.2 Å². The molecule has 4 heteroatoms. The van der Waals surface area contributed by atoms with Crippen LogP contribution in [0.3, 0.4) is 0 Å².